The second-order valence-electron chi connectivity index (χ2n) is 9.53. The van der Waals surface area contributed by atoms with Crippen molar-refractivity contribution in [3.8, 4) is 0 Å². The molecule has 0 spiro atoms. The topological polar surface area (TPSA) is 86.9 Å². The van der Waals surface area contributed by atoms with Crippen LogP contribution in [0.15, 0.2) is 12.1 Å². The van der Waals surface area contributed by atoms with E-state index in [1.54, 1.807) is 6.92 Å². The van der Waals surface area contributed by atoms with Gasteiger partial charge in [-0.25, -0.2) is 0 Å². The first-order chi connectivity index (χ1) is 14.5. The summed E-state index contributed by atoms with van der Waals surface area (Å²) in [6.07, 6.45) is 7.15. The number of piperidine rings is 1. The summed E-state index contributed by atoms with van der Waals surface area (Å²) in [5, 5.41) is 24.9. The summed E-state index contributed by atoms with van der Waals surface area (Å²) in [7, 11) is 0. The van der Waals surface area contributed by atoms with Crippen molar-refractivity contribution in [2.45, 2.75) is 69.3 Å². The molecule has 3 aliphatic rings. The summed E-state index contributed by atoms with van der Waals surface area (Å²) in [4.78, 5) is 16.0. The van der Waals surface area contributed by atoms with Gasteiger partial charge >= 0.3 is 0 Å². The van der Waals surface area contributed by atoms with Crippen molar-refractivity contribution in [3.05, 3.63) is 23.7 Å². The minimum absolute atomic E-state index is 0.0609. The van der Waals surface area contributed by atoms with E-state index in [2.05, 4.69) is 21.2 Å². The van der Waals surface area contributed by atoms with Gasteiger partial charge in [-0.2, -0.15) is 9.61 Å². The zero-order valence-corrected chi connectivity index (χ0v) is 17.8. The molecule has 1 N–H and O–H groups in total. The quantitative estimate of drug-likeness (QED) is 0.826. The van der Waals surface area contributed by atoms with E-state index in [-0.39, 0.29) is 5.91 Å². The van der Waals surface area contributed by atoms with Crippen molar-refractivity contribution in [3.63, 3.8) is 0 Å². The van der Waals surface area contributed by atoms with Gasteiger partial charge in [-0.1, -0.05) is 0 Å². The molecule has 30 heavy (non-hydrogen) atoms. The van der Waals surface area contributed by atoms with Crippen LogP contribution in [0.1, 0.15) is 75.2 Å². The van der Waals surface area contributed by atoms with Gasteiger partial charge in [0.15, 0.2) is 11.5 Å². The summed E-state index contributed by atoms with van der Waals surface area (Å²) in [6, 6.07) is 4.13. The molecule has 5 rings (SSSR count). The van der Waals surface area contributed by atoms with Crippen LogP contribution in [-0.2, 0) is 4.79 Å². The molecule has 3 fully saturated rings. The second kappa shape index (κ2) is 7.89. The van der Waals surface area contributed by atoms with E-state index in [0.29, 0.717) is 24.9 Å². The Morgan fingerprint density at radius 1 is 1.10 bits per heavy atom. The first-order valence-electron chi connectivity index (χ1n) is 11.4. The van der Waals surface area contributed by atoms with Crippen LogP contribution in [0.4, 0.5) is 0 Å². The molecule has 162 valence electrons. The average Bonchev–Trinajstić information content (AvgIpc) is 3.52. The first kappa shape index (κ1) is 19.9. The lowest BCUT2D eigenvalue weighted by molar-refractivity contribution is -0.132. The number of carbonyl (C=O) groups excluding carboxylic acids is 1. The van der Waals surface area contributed by atoms with Gasteiger partial charge in [-0.3, -0.25) is 4.79 Å². The minimum atomic E-state index is -0.808. The highest BCUT2D eigenvalue weighted by Crippen LogP contribution is 2.39. The number of fused-ring (bicyclic) bond motifs is 1. The number of nitrogens with zero attached hydrogens (tertiary/aromatic N) is 6. The van der Waals surface area contributed by atoms with E-state index in [4.69, 9.17) is 5.10 Å². The number of likely N-dealkylation sites (tertiary alicyclic amines) is 2. The zero-order chi connectivity index (χ0) is 20.7. The van der Waals surface area contributed by atoms with E-state index in [9.17, 15) is 9.90 Å². The third-order valence-corrected chi connectivity index (χ3v) is 7.02. The number of hydrogen-bond acceptors (Lipinski definition) is 6. The van der Waals surface area contributed by atoms with Crippen molar-refractivity contribution >= 4 is 11.6 Å². The lowest BCUT2D eigenvalue weighted by atomic mass is 9.92. The van der Waals surface area contributed by atoms with E-state index in [1.165, 1.54) is 12.8 Å². The lowest BCUT2D eigenvalue weighted by Gasteiger charge is -2.39. The number of hydrogen-bond donors (Lipinski definition) is 1. The van der Waals surface area contributed by atoms with E-state index in [1.807, 2.05) is 15.5 Å². The molecule has 0 aromatic carbocycles. The Balaban J connectivity index is 1.24. The fourth-order valence-electron chi connectivity index (χ4n) is 5.10. The van der Waals surface area contributed by atoms with Crippen molar-refractivity contribution in [2.24, 2.45) is 0 Å². The highest BCUT2D eigenvalue weighted by Gasteiger charge is 2.36. The molecule has 2 aliphatic heterocycles. The number of aliphatic hydroxyl groups is 1. The molecule has 2 aromatic rings. The van der Waals surface area contributed by atoms with Crippen LogP contribution in [0.2, 0.25) is 0 Å². The second-order valence-corrected chi connectivity index (χ2v) is 9.53. The van der Waals surface area contributed by atoms with Crippen LogP contribution in [0.5, 0.6) is 0 Å². The highest BCUT2D eigenvalue weighted by molar-refractivity contribution is 5.73. The maximum atomic E-state index is 11.9. The molecule has 1 amide bonds. The van der Waals surface area contributed by atoms with Gasteiger partial charge in [0.1, 0.15) is 0 Å². The smallest absolute Gasteiger partial charge is 0.219 e. The number of rotatable bonds is 4. The molecule has 8 nitrogen and oxygen atoms in total. The number of amides is 1. The molecule has 1 unspecified atom stereocenters. The Kier molecular flexibility index (Phi) is 5.23. The van der Waals surface area contributed by atoms with Crippen molar-refractivity contribution in [2.75, 3.05) is 32.7 Å². The lowest BCUT2D eigenvalue weighted by Crippen LogP contribution is -2.52. The number of β-amino-alcohol motifs (C(OH)–C–C–N with tert-alkyl or cyclic N) is 1. The van der Waals surface area contributed by atoms with Crippen LogP contribution < -0.4 is 0 Å². The van der Waals surface area contributed by atoms with Crippen LogP contribution in [0.25, 0.3) is 5.65 Å². The van der Waals surface area contributed by atoms with Gasteiger partial charge in [-0.15, -0.1) is 10.2 Å². The summed E-state index contributed by atoms with van der Waals surface area (Å²) < 4.78 is 1.96. The summed E-state index contributed by atoms with van der Waals surface area (Å²) in [5.41, 5.74) is 1.18. The van der Waals surface area contributed by atoms with Gasteiger partial charge in [0, 0.05) is 31.8 Å². The molecule has 0 bridgehead atoms. The molecular formula is C22H32N6O2. The summed E-state index contributed by atoms with van der Waals surface area (Å²) in [6.45, 7) is 5.28. The van der Waals surface area contributed by atoms with E-state index >= 15 is 0 Å². The third-order valence-electron chi connectivity index (χ3n) is 7.02. The van der Waals surface area contributed by atoms with Gasteiger partial charge in [0.2, 0.25) is 5.91 Å². The standard InChI is InChI=1S/C22H32N6O2/c1-16(29)27-11-3-2-10-22(30,15-27)14-26-12-8-18(9-13-26)21-24-23-20-7-6-19(17-4-5-17)25-28(20)21/h6-7,17-18,30H,2-5,8-15H2,1H3. The SMILES string of the molecule is CC(=O)N1CCCCC(O)(CN2CCC(c3nnc4ccc(C5CC5)nn34)CC2)C1. The molecule has 0 radical (unpaired) electrons. The fraction of sp³-hybridized carbons (Fsp3) is 0.727. The van der Waals surface area contributed by atoms with Crippen LogP contribution >= 0.6 is 0 Å². The fourth-order valence-corrected chi connectivity index (χ4v) is 5.10. The Morgan fingerprint density at radius 2 is 1.90 bits per heavy atom. The van der Waals surface area contributed by atoms with E-state index < -0.39 is 5.60 Å². The maximum absolute atomic E-state index is 11.9. The summed E-state index contributed by atoms with van der Waals surface area (Å²) >= 11 is 0. The Bertz CT molecular complexity index is 917. The average molecular weight is 413 g/mol. The Labute approximate surface area is 177 Å². The molecule has 1 atom stereocenters. The minimum Gasteiger partial charge on any atom is -0.387 e. The van der Waals surface area contributed by atoms with Crippen LogP contribution in [0, 0.1) is 0 Å². The molecular weight excluding hydrogens is 380 g/mol. The van der Waals surface area contributed by atoms with Gasteiger partial charge in [0.25, 0.3) is 0 Å². The maximum Gasteiger partial charge on any atom is 0.219 e. The predicted octanol–water partition coefficient (Wildman–Crippen LogP) is 1.94. The monoisotopic (exact) mass is 412 g/mol. The molecule has 1 saturated carbocycles. The van der Waals surface area contributed by atoms with Gasteiger partial charge in [0.05, 0.1) is 17.8 Å². The van der Waals surface area contributed by atoms with Crippen LogP contribution in [-0.4, -0.2) is 78.9 Å². The van der Waals surface area contributed by atoms with Crippen molar-refractivity contribution < 1.29 is 9.90 Å². The zero-order valence-electron chi connectivity index (χ0n) is 17.8. The molecule has 8 heteroatoms. The highest BCUT2D eigenvalue weighted by atomic mass is 16.3. The van der Waals surface area contributed by atoms with Gasteiger partial charge in [-0.05, 0) is 70.2 Å². The van der Waals surface area contributed by atoms with Crippen molar-refractivity contribution in [1.29, 1.82) is 0 Å². The largest absolute Gasteiger partial charge is 0.387 e. The number of carbonyl (C=O) groups is 1. The molecule has 2 saturated heterocycles. The summed E-state index contributed by atoms with van der Waals surface area (Å²) in [5.74, 6) is 1.99. The van der Waals surface area contributed by atoms with Crippen LogP contribution in [0.3, 0.4) is 0 Å². The Hall–Kier alpha value is -2.06. The molecule has 4 heterocycles. The molecule has 1 aliphatic carbocycles. The number of aromatic nitrogens is 4. The molecule has 2 aromatic heterocycles. The van der Waals surface area contributed by atoms with E-state index in [0.717, 1.165) is 68.9 Å². The predicted molar refractivity (Wildman–Crippen MR) is 112 cm³/mol. The van der Waals surface area contributed by atoms with Crippen molar-refractivity contribution in [1.82, 2.24) is 29.6 Å². The normalized spacial score (nSPS) is 26.8. The van der Waals surface area contributed by atoms with Gasteiger partial charge < -0.3 is 14.9 Å². The Morgan fingerprint density at radius 3 is 2.63 bits per heavy atom. The third kappa shape index (κ3) is 4.07. The first-order valence-corrected chi connectivity index (χ1v) is 11.4.